The van der Waals surface area contributed by atoms with Crippen molar-refractivity contribution < 1.29 is 27.9 Å². The highest BCUT2D eigenvalue weighted by Gasteiger charge is 2.31. The van der Waals surface area contributed by atoms with Crippen LogP contribution in [0.15, 0.2) is 24.5 Å². The number of alkyl halides is 3. The third-order valence-corrected chi connectivity index (χ3v) is 5.83. The number of phenols is 1. The maximum Gasteiger partial charge on any atom is 0.406 e. The quantitative estimate of drug-likeness (QED) is 0.456. The van der Waals surface area contributed by atoms with Crippen molar-refractivity contribution in [2.24, 2.45) is 0 Å². The molecular formula is C21H23F3N6O3S. The molecule has 3 N–H and O–H groups in total. The van der Waals surface area contributed by atoms with Crippen LogP contribution < -0.4 is 10.6 Å². The van der Waals surface area contributed by atoms with Crippen molar-refractivity contribution in [1.29, 1.82) is 0 Å². The van der Waals surface area contributed by atoms with E-state index in [0.717, 1.165) is 23.9 Å². The number of rotatable bonds is 7. The smallest absolute Gasteiger partial charge is 0.406 e. The van der Waals surface area contributed by atoms with Crippen LogP contribution >= 0.6 is 11.3 Å². The molecule has 3 rings (SSSR count). The molecule has 0 aliphatic carbocycles. The van der Waals surface area contributed by atoms with Gasteiger partial charge in [0.25, 0.3) is 5.91 Å². The number of aromatic nitrogens is 3. The van der Waals surface area contributed by atoms with Crippen LogP contribution in [0.25, 0.3) is 0 Å². The average Bonchev–Trinajstić information content (AvgIpc) is 3.33. The Bertz CT molecular complexity index is 1220. The van der Waals surface area contributed by atoms with Gasteiger partial charge in [-0.25, -0.2) is 4.98 Å². The lowest BCUT2D eigenvalue weighted by Crippen LogP contribution is -2.37. The van der Waals surface area contributed by atoms with Crippen molar-refractivity contribution in [3.63, 3.8) is 0 Å². The number of halogens is 3. The third kappa shape index (κ3) is 6.04. The predicted molar refractivity (Wildman–Crippen MR) is 122 cm³/mol. The van der Waals surface area contributed by atoms with Crippen LogP contribution in [-0.4, -0.2) is 56.4 Å². The monoisotopic (exact) mass is 496 g/mol. The third-order valence-electron chi connectivity index (χ3n) is 4.92. The first-order valence-electron chi connectivity index (χ1n) is 10.0. The summed E-state index contributed by atoms with van der Waals surface area (Å²) >= 11 is 1.07. The van der Waals surface area contributed by atoms with Gasteiger partial charge in [-0.05, 0) is 32.4 Å². The van der Waals surface area contributed by atoms with Gasteiger partial charge in [0.05, 0.1) is 11.9 Å². The topological polar surface area (TPSA) is 112 Å². The summed E-state index contributed by atoms with van der Waals surface area (Å²) in [6.45, 7) is 3.52. The first-order chi connectivity index (χ1) is 15.8. The molecular weight excluding hydrogens is 473 g/mol. The molecule has 0 unspecified atom stereocenters. The molecule has 0 radical (unpaired) electrons. The van der Waals surface area contributed by atoms with Crippen LogP contribution in [0.1, 0.15) is 26.4 Å². The fourth-order valence-corrected chi connectivity index (χ4v) is 3.79. The summed E-state index contributed by atoms with van der Waals surface area (Å²) in [6.07, 6.45) is -1.57. The van der Waals surface area contributed by atoms with Gasteiger partial charge in [0.15, 0.2) is 10.9 Å². The molecule has 0 saturated carbocycles. The second kappa shape index (κ2) is 9.71. The van der Waals surface area contributed by atoms with Crippen molar-refractivity contribution in [3.05, 3.63) is 46.1 Å². The molecule has 0 aliphatic rings. The Kier molecular flexibility index (Phi) is 7.15. The summed E-state index contributed by atoms with van der Waals surface area (Å²) < 4.78 is 38.7. The number of anilines is 3. The number of aromatic hydroxyl groups is 1. The predicted octanol–water partition coefficient (Wildman–Crippen LogP) is 3.99. The number of thiazole rings is 1. The highest BCUT2D eigenvalue weighted by atomic mass is 32.1. The van der Waals surface area contributed by atoms with Gasteiger partial charge in [-0.15, -0.1) is 0 Å². The first kappa shape index (κ1) is 25.0. The second-order valence-corrected chi connectivity index (χ2v) is 8.76. The zero-order chi connectivity index (χ0) is 25.2. The summed E-state index contributed by atoms with van der Waals surface area (Å²) in [4.78, 5) is 29.8. The normalized spacial score (nSPS) is 11.4. The summed E-state index contributed by atoms with van der Waals surface area (Å²) in [5, 5.41) is 20.2. The van der Waals surface area contributed by atoms with Crippen LogP contribution in [-0.2, 0) is 11.3 Å². The van der Waals surface area contributed by atoms with E-state index in [9.17, 15) is 27.9 Å². The van der Waals surface area contributed by atoms with E-state index < -0.39 is 24.5 Å². The Labute approximate surface area is 197 Å². The summed E-state index contributed by atoms with van der Waals surface area (Å²) in [6, 6.07) is 3.25. The lowest BCUT2D eigenvalue weighted by molar-refractivity contribution is -0.158. The standard InChI is InChI=1S/C21H23F3N6O3S/c1-11-5-6-14(31)13(3)17(11)26-19(33)15-7-25-20(34-15)27-18-12(2)8-30(28-18)9-16(32)29(4)10-21(22,23)24/h5-8,31H,9-10H2,1-4H3,(H,26,33)(H,25,27,28). The van der Waals surface area contributed by atoms with E-state index in [1.165, 1.54) is 17.1 Å². The molecule has 182 valence electrons. The number of nitrogens with one attached hydrogen (secondary N) is 2. The zero-order valence-electron chi connectivity index (χ0n) is 18.8. The van der Waals surface area contributed by atoms with Gasteiger partial charge in [0.2, 0.25) is 5.91 Å². The zero-order valence-corrected chi connectivity index (χ0v) is 19.6. The molecule has 0 bridgehead atoms. The van der Waals surface area contributed by atoms with Crippen molar-refractivity contribution in [3.8, 4) is 5.75 Å². The van der Waals surface area contributed by atoms with Gasteiger partial charge in [0.1, 0.15) is 23.7 Å². The van der Waals surface area contributed by atoms with Crippen LogP contribution in [0, 0.1) is 20.8 Å². The van der Waals surface area contributed by atoms with Gasteiger partial charge < -0.3 is 20.6 Å². The minimum atomic E-state index is -4.48. The maximum absolute atomic E-state index is 12.7. The van der Waals surface area contributed by atoms with Gasteiger partial charge >= 0.3 is 6.18 Å². The number of hydrogen-bond acceptors (Lipinski definition) is 7. The number of likely N-dealkylation sites (N-methyl/N-ethyl adjacent to an activating group) is 1. The number of amides is 2. The van der Waals surface area contributed by atoms with E-state index >= 15 is 0 Å². The minimum absolute atomic E-state index is 0.0710. The van der Waals surface area contributed by atoms with Crippen LogP contribution in [0.3, 0.4) is 0 Å². The number of benzene rings is 1. The minimum Gasteiger partial charge on any atom is -0.508 e. The Hall–Kier alpha value is -3.61. The molecule has 3 aromatic rings. The Morgan fingerprint density at radius 3 is 2.59 bits per heavy atom. The first-order valence-corrected chi connectivity index (χ1v) is 10.8. The highest BCUT2D eigenvalue weighted by molar-refractivity contribution is 7.17. The second-order valence-electron chi connectivity index (χ2n) is 7.73. The number of phenolic OH excluding ortho intramolecular Hbond substituents is 1. The summed E-state index contributed by atoms with van der Waals surface area (Å²) in [5.74, 6) is -0.714. The highest BCUT2D eigenvalue weighted by Crippen LogP contribution is 2.30. The van der Waals surface area contributed by atoms with Crippen molar-refractivity contribution in [2.45, 2.75) is 33.5 Å². The van der Waals surface area contributed by atoms with Gasteiger partial charge in [-0.3, -0.25) is 14.3 Å². The Balaban J connectivity index is 1.66. The maximum atomic E-state index is 12.7. The van der Waals surface area contributed by atoms with E-state index in [1.807, 2.05) is 6.92 Å². The Morgan fingerprint density at radius 2 is 1.91 bits per heavy atom. The molecule has 34 heavy (non-hydrogen) atoms. The van der Waals surface area contributed by atoms with Gasteiger partial charge in [0, 0.05) is 24.4 Å². The fraction of sp³-hybridized carbons (Fsp3) is 0.333. The summed E-state index contributed by atoms with van der Waals surface area (Å²) in [7, 11) is 1.08. The van der Waals surface area contributed by atoms with Crippen molar-refractivity contribution >= 4 is 39.8 Å². The van der Waals surface area contributed by atoms with Gasteiger partial charge in [-0.1, -0.05) is 17.4 Å². The lowest BCUT2D eigenvalue weighted by atomic mass is 10.1. The largest absolute Gasteiger partial charge is 0.508 e. The molecule has 1 aromatic carbocycles. The molecule has 9 nitrogen and oxygen atoms in total. The number of hydrogen-bond donors (Lipinski definition) is 3. The van der Waals surface area contributed by atoms with Crippen molar-refractivity contribution in [2.75, 3.05) is 24.2 Å². The van der Waals surface area contributed by atoms with Crippen LogP contribution in [0.2, 0.25) is 0 Å². The number of nitrogens with zero attached hydrogens (tertiary/aromatic N) is 4. The molecule has 13 heteroatoms. The molecule has 2 heterocycles. The fourth-order valence-electron chi connectivity index (χ4n) is 3.08. The average molecular weight is 497 g/mol. The van der Waals surface area contributed by atoms with E-state index in [0.29, 0.717) is 37.5 Å². The van der Waals surface area contributed by atoms with E-state index in [1.54, 1.807) is 26.0 Å². The number of aryl methyl sites for hydroxylation is 2. The lowest BCUT2D eigenvalue weighted by Gasteiger charge is -2.18. The number of carbonyl (C=O) groups excluding carboxylic acids is 2. The van der Waals surface area contributed by atoms with Crippen molar-refractivity contribution in [1.82, 2.24) is 19.7 Å². The van der Waals surface area contributed by atoms with Crippen LogP contribution in [0.5, 0.6) is 5.75 Å². The van der Waals surface area contributed by atoms with E-state index in [4.69, 9.17) is 0 Å². The van der Waals surface area contributed by atoms with Crippen LogP contribution in [0.4, 0.5) is 29.8 Å². The molecule has 2 aromatic heterocycles. The molecule has 2 amide bonds. The van der Waals surface area contributed by atoms with E-state index in [-0.39, 0.29) is 12.3 Å². The number of carbonyl (C=O) groups is 2. The molecule has 0 atom stereocenters. The Morgan fingerprint density at radius 1 is 1.21 bits per heavy atom. The molecule has 0 saturated heterocycles. The SMILES string of the molecule is Cc1cn(CC(=O)N(C)CC(F)(F)F)nc1Nc1ncc(C(=O)Nc2c(C)ccc(O)c2C)s1. The molecule has 0 spiro atoms. The molecule has 0 aliphatic heterocycles. The van der Waals surface area contributed by atoms with Gasteiger partial charge in [-0.2, -0.15) is 18.3 Å². The van der Waals surface area contributed by atoms with E-state index in [2.05, 4.69) is 20.7 Å². The summed E-state index contributed by atoms with van der Waals surface area (Å²) in [5.41, 5.74) is 2.50. The molecule has 0 fully saturated rings.